The molecule has 0 spiro atoms. The summed E-state index contributed by atoms with van der Waals surface area (Å²) in [4.78, 5) is 30.5. The monoisotopic (exact) mass is 334 g/mol. The highest BCUT2D eigenvalue weighted by atomic mass is 16.5. The first kappa shape index (κ1) is 23.0. The fourth-order valence-corrected chi connectivity index (χ4v) is 1.17. The van der Waals surface area contributed by atoms with Gasteiger partial charge in [0.25, 0.3) is 0 Å². The van der Waals surface area contributed by atoms with Crippen molar-refractivity contribution in [2.24, 2.45) is 0 Å². The first-order valence-corrected chi connectivity index (χ1v) is 6.46. The van der Waals surface area contributed by atoms with E-state index >= 15 is 0 Å². The molecule has 0 amide bonds. The molecule has 0 unspecified atom stereocenters. The molecule has 0 aliphatic rings. The van der Waals surface area contributed by atoms with Gasteiger partial charge in [0.05, 0.1) is 39.3 Å². The highest BCUT2D eigenvalue weighted by Gasteiger charge is 2.40. The van der Waals surface area contributed by atoms with Crippen LogP contribution in [0.2, 0.25) is 0 Å². The summed E-state index contributed by atoms with van der Waals surface area (Å²) in [6.45, 7) is 9.46. The van der Waals surface area contributed by atoms with Crippen LogP contribution >= 0.6 is 0 Å². The molecular formula is C14H22O9. The molecule has 0 aliphatic carbocycles. The minimum absolute atomic E-state index is 0.595. The van der Waals surface area contributed by atoms with E-state index in [4.69, 9.17) is 29.9 Å². The lowest BCUT2D eigenvalue weighted by Gasteiger charge is -2.18. The van der Waals surface area contributed by atoms with Gasteiger partial charge in [-0.05, 0) is 0 Å². The van der Waals surface area contributed by atoms with Crippen LogP contribution in [0, 0.1) is 0 Å². The van der Waals surface area contributed by atoms with E-state index in [2.05, 4.69) is 13.2 Å². The molecule has 0 heterocycles. The Balaban J connectivity index is 0. The number of carbonyl (C=O) groups is 3. The van der Waals surface area contributed by atoms with E-state index in [1.165, 1.54) is 0 Å². The normalized spacial score (nSPS) is 10.1. The van der Waals surface area contributed by atoms with Crippen LogP contribution in [0.1, 0.15) is 12.8 Å². The van der Waals surface area contributed by atoms with E-state index in [1.807, 2.05) is 0 Å². The van der Waals surface area contributed by atoms with Gasteiger partial charge in [-0.3, -0.25) is 9.59 Å². The van der Waals surface area contributed by atoms with Crippen molar-refractivity contribution in [2.75, 3.05) is 26.4 Å². The van der Waals surface area contributed by atoms with Crippen molar-refractivity contribution in [3.05, 3.63) is 25.3 Å². The van der Waals surface area contributed by atoms with Crippen LogP contribution in [0.3, 0.4) is 0 Å². The van der Waals surface area contributed by atoms with Gasteiger partial charge in [0, 0.05) is 0 Å². The predicted molar refractivity (Wildman–Crippen MR) is 79.1 cm³/mol. The molecule has 0 aromatic carbocycles. The second kappa shape index (κ2) is 13.4. The summed E-state index contributed by atoms with van der Waals surface area (Å²) < 4.78 is 10.1. The number of aliphatic hydroxyl groups is 1. The molecule has 23 heavy (non-hydrogen) atoms. The molecule has 4 N–H and O–H groups in total. The fourth-order valence-electron chi connectivity index (χ4n) is 1.17. The second-order valence-corrected chi connectivity index (χ2v) is 4.20. The van der Waals surface area contributed by atoms with Gasteiger partial charge in [-0.1, -0.05) is 12.2 Å². The van der Waals surface area contributed by atoms with Crippen molar-refractivity contribution in [1.82, 2.24) is 0 Å². The minimum Gasteiger partial charge on any atom is -0.481 e. The van der Waals surface area contributed by atoms with Gasteiger partial charge in [-0.15, -0.1) is 13.2 Å². The lowest BCUT2D eigenvalue weighted by molar-refractivity contribution is -0.170. The molecule has 132 valence electrons. The molecule has 0 aromatic heterocycles. The summed E-state index contributed by atoms with van der Waals surface area (Å²) in [5, 5.41) is 33.8. The SMILES string of the molecule is C=CCOCCOCC=C.O=C(O)CC(O)(CC(=O)O)C(=O)O. The van der Waals surface area contributed by atoms with Crippen LogP contribution in [-0.4, -0.2) is 70.4 Å². The Kier molecular flexibility index (Phi) is 13.5. The van der Waals surface area contributed by atoms with Gasteiger partial charge < -0.3 is 29.9 Å². The van der Waals surface area contributed by atoms with Crippen molar-refractivity contribution < 1.29 is 44.3 Å². The molecule has 0 saturated carbocycles. The molecule has 0 fully saturated rings. The van der Waals surface area contributed by atoms with Crippen LogP contribution in [0.5, 0.6) is 0 Å². The Morgan fingerprint density at radius 1 is 0.870 bits per heavy atom. The van der Waals surface area contributed by atoms with E-state index < -0.39 is 36.4 Å². The molecule has 0 aromatic rings. The number of ether oxygens (including phenoxy) is 2. The molecule has 0 atom stereocenters. The van der Waals surface area contributed by atoms with Crippen molar-refractivity contribution >= 4 is 17.9 Å². The number of carboxylic acid groups (broad SMARTS) is 3. The zero-order valence-corrected chi connectivity index (χ0v) is 12.6. The Labute approximate surface area is 133 Å². The van der Waals surface area contributed by atoms with E-state index in [1.54, 1.807) is 12.2 Å². The molecular weight excluding hydrogens is 312 g/mol. The Bertz CT molecular complexity index is 375. The average Bonchev–Trinajstić information content (AvgIpc) is 2.41. The van der Waals surface area contributed by atoms with Crippen LogP contribution in [-0.2, 0) is 23.9 Å². The van der Waals surface area contributed by atoms with Crippen LogP contribution in [0.25, 0.3) is 0 Å². The molecule has 9 nitrogen and oxygen atoms in total. The zero-order chi connectivity index (χ0) is 18.3. The molecule has 0 saturated heterocycles. The third-order valence-corrected chi connectivity index (χ3v) is 2.13. The van der Waals surface area contributed by atoms with Crippen molar-refractivity contribution in [1.29, 1.82) is 0 Å². The first-order chi connectivity index (χ1) is 10.7. The van der Waals surface area contributed by atoms with E-state index in [0.717, 1.165) is 0 Å². The van der Waals surface area contributed by atoms with E-state index in [9.17, 15) is 14.4 Å². The van der Waals surface area contributed by atoms with E-state index in [0.29, 0.717) is 26.4 Å². The average molecular weight is 334 g/mol. The van der Waals surface area contributed by atoms with Crippen LogP contribution in [0.4, 0.5) is 0 Å². The van der Waals surface area contributed by atoms with Gasteiger partial charge >= 0.3 is 17.9 Å². The Morgan fingerprint density at radius 2 is 1.22 bits per heavy atom. The van der Waals surface area contributed by atoms with Gasteiger partial charge in [0.1, 0.15) is 0 Å². The molecule has 0 rings (SSSR count). The van der Waals surface area contributed by atoms with Crippen molar-refractivity contribution in [3.8, 4) is 0 Å². The van der Waals surface area contributed by atoms with Crippen molar-refractivity contribution in [3.63, 3.8) is 0 Å². The maximum Gasteiger partial charge on any atom is 0.336 e. The predicted octanol–water partition coefficient (Wildman–Crippen LogP) is 0.143. The topological polar surface area (TPSA) is 151 Å². The molecule has 0 aliphatic heterocycles. The summed E-state index contributed by atoms with van der Waals surface area (Å²) in [6, 6.07) is 0. The van der Waals surface area contributed by atoms with Gasteiger partial charge in [-0.25, -0.2) is 4.79 Å². The summed E-state index contributed by atoms with van der Waals surface area (Å²) >= 11 is 0. The second-order valence-electron chi connectivity index (χ2n) is 4.20. The number of hydrogen-bond acceptors (Lipinski definition) is 6. The Hall–Kier alpha value is -2.23. The smallest absolute Gasteiger partial charge is 0.336 e. The highest BCUT2D eigenvalue weighted by Crippen LogP contribution is 2.15. The summed E-state index contributed by atoms with van der Waals surface area (Å²) in [7, 11) is 0. The quantitative estimate of drug-likeness (QED) is 0.288. The third-order valence-electron chi connectivity index (χ3n) is 2.13. The number of hydrogen-bond donors (Lipinski definition) is 4. The van der Waals surface area contributed by atoms with E-state index in [-0.39, 0.29) is 0 Å². The Morgan fingerprint density at radius 3 is 1.43 bits per heavy atom. The molecule has 0 bridgehead atoms. The summed E-state index contributed by atoms with van der Waals surface area (Å²) in [5.41, 5.74) is -2.74. The minimum atomic E-state index is -2.74. The lowest BCUT2D eigenvalue weighted by atomic mass is 9.96. The number of aliphatic carboxylic acids is 3. The zero-order valence-electron chi connectivity index (χ0n) is 12.6. The van der Waals surface area contributed by atoms with Crippen LogP contribution in [0.15, 0.2) is 25.3 Å². The first-order valence-electron chi connectivity index (χ1n) is 6.46. The fraction of sp³-hybridized carbons (Fsp3) is 0.500. The standard InChI is InChI=1S/C8H14O2.C6H8O7/c1-3-5-9-7-8-10-6-4-2;7-3(8)1-6(13,5(11)12)2-4(9)10/h3-4H,1-2,5-8H2;13H,1-2H2,(H,7,8)(H,9,10)(H,11,12). The summed E-state index contributed by atoms with van der Waals surface area (Å²) in [5.74, 6) is -5.02. The lowest BCUT2D eigenvalue weighted by Crippen LogP contribution is -2.42. The number of carboxylic acids is 3. The third kappa shape index (κ3) is 14.5. The maximum absolute atomic E-state index is 10.3. The van der Waals surface area contributed by atoms with Crippen LogP contribution < -0.4 is 0 Å². The maximum atomic E-state index is 10.3. The molecule has 0 radical (unpaired) electrons. The van der Waals surface area contributed by atoms with Gasteiger partial charge in [0.2, 0.25) is 0 Å². The highest BCUT2D eigenvalue weighted by molar-refractivity contribution is 5.88. The summed E-state index contributed by atoms with van der Waals surface area (Å²) in [6.07, 6.45) is 1.14. The molecule has 9 heteroatoms. The van der Waals surface area contributed by atoms with Crippen molar-refractivity contribution in [2.45, 2.75) is 18.4 Å². The van der Waals surface area contributed by atoms with Gasteiger partial charge in [0.15, 0.2) is 5.60 Å². The number of rotatable bonds is 12. The van der Waals surface area contributed by atoms with Gasteiger partial charge in [-0.2, -0.15) is 0 Å². The largest absolute Gasteiger partial charge is 0.481 e.